The molecule has 0 N–H and O–H groups in total. The van der Waals surface area contributed by atoms with Crippen molar-refractivity contribution in [2.24, 2.45) is 7.05 Å². The van der Waals surface area contributed by atoms with Gasteiger partial charge >= 0.3 is 0 Å². The van der Waals surface area contributed by atoms with E-state index in [2.05, 4.69) is 116 Å². The highest BCUT2D eigenvalue weighted by atomic mass is 16.3. The van der Waals surface area contributed by atoms with E-state index in [4.69, 9.17) is 14.4 Å². The van der Waals surface area contributed by atoms with Gasteiger partial charge in [-0.1, -0.05) is 91.0 Å². The van der Waals surface area contributed by atoms with E-state index in [1.54, 1.807) is 0 Å². The van der Waals surface area contributed by atoms with Gasteiger partial charge in [0.05, 0.1) is 17.0 Å². The highest BCUT2D eigenvalue weighted by molar-refractivity contribution is 6.10. The molecule has 0 saturated carbocycles. The molecule has 5 aromatic carbocycles. The van der Waals surface area contributed by atoms with Crippen molar-refractivity contribution in [1.29, 1.82) is 0 Å². The van der Waals surface area contributed by atoms with E-state index in [9.17, 15) is 0 Å². The Hall–Kier alpha value is -5.61. The van der Waals surface area contributed by atoms with Crippen LogP contribution in [0.4, 0.5) is 0 Å². The Morgan fingerprint density at radius 1 is 0.581 bits per heavy atom. The third-order valence-corrected chi connectivity index (χ3v) is 8.31. The number of hydrogen-bond acceptors (Lipinski definition) is 3. The summed E-state index contributed by atoms with van der Waals surface area (Å²) in [6, 6.07) is 46.1. The van der Waals surface area contributed by atoms with Crippen molar-refractivity contribution >= 4 is 32.8 Å². The second-order valence-electron chi connectivity index (χ2n) is 11.0. The number of aromatic nitrogens is 3. The second kappa shape index (κ2) is 10.0. The number of fused-ring (bicyclic) bond motifs is 4. The minimum absolute atomic E-state index is 0.667. The van der Waals surface area contributed by atoms with Crippen LogP contribution < -0.4 is 4.57 Å². The molecule has 0 aliphatic heterocycles. The van der Waals surface area contributed by atoms with Crippen molar-refractivity contribution in [3.63, 3.8) is 0 Å². The van der Waals surface area contributed by atoms with Crippen LogP contribution in [0.15, 0.2) is 138 Å². The average molecular weight is 555 g/mol. The van der Waals surface area contributed by atoms with Gasteiger partial charge in [-0.3, -0.25) is 0 Å². The summed E-state index contributed by atoms with van der Waals surface area (Å²) >= 11 is 0. The van der Waals surface area contributed by atoms with Gasteiger partial charge in [0.2, 0.25) is 11.2 Å². The first-order valence-corrected chi connectivity index (χ1v) is 14.5. The van der Waals surface area contributed by atoms with Crippen molar-refractivity contribution in [3.8, 4) is 45.2 Å². The fourth-order valence-corrected chi connectivity index (χ4v) is 6.08. The lowest BCUT2D eigenvalue weighted by Gasteiger charge is -2.09. The van der Waals surface area contributed by atoms with Crippen LogP contribution >= 0.6 is 0 Å². The summed E-state index contributed by atoms with van der Waals surface area (Å²) in [6.07, 6.45) is 0. The molecule has 0 radical (unpaired) electrons. The van der Waals surface area contributed by atoms with Crippen LogP contribution in [0.5, 0.6) is 0 Å². The smallest absolute Gasteiger partial charge is 0.216 e. The van der Waals surface area contributed by atoms with Crippen LogP contribution in [0.25, 0.3) is 78.0 Å². The number of rotatable bonds is 4. The third-order valence-electron chi connectivity index (χ3n) is 8.31. The van der Waals surface area contributed by atoms with E-state index in [1.165, 1.54) is 16.5 Å². The standard InChI is InChI=1S/C39H28N3O/c1-25-17-20-31-30-21-18-29(23-36(30)43-38(31)37(25)35-22-19-28-15-9-10-16-34(28)42(35)2)39-40-32(26-11-5-3-6-12-26)24-33(41-39)27-13-7-4-8-14-27/h3-24H,1-2H3/q+1. The first kappa shape index (κ1) is 25.1. The summed E-state index contributed by atoms with van der Waals surface area (Å²) in [5.74, 6) is 0.667. The Kier molecular flexibility index (Phi) is 5.86. The van der Waals surface area contributed by atoms with E-state index >= 15 is 0 Å². The van der Waals surface area contributed by atoms with Gasteiger partial charge in [-0.15, -0.1) is 0 Å². The number of hydrogen-bond donors (Lipinski definition) is 0. The molecule has 8 aromatic rings. The van der Waals surface area contributed by atoms with E-state index in [0.717, 1.165) is 61.3 Å². The van der Waals surface area contributed by atoms with Crippen molar-refractivity contribution in [1.82, 2.24) is 9.97 Å². The van der Waals surface area contributed by atoms with Crippen LogP contribution in [0.3, 0.4) is 0 Å². The van der Waals surface area contributed by atoms with Crippen molar-refractivity contribution in [2.75, 3.05) is 0 Å². The fourth-order valence-electron chi connectivity index (χ4n) is 6.08. The van der Waals surface area contributed by atoms with E-state index in [0.29, 0.717) is 5.82 Å². The van der Waals surface area contributed by atoms with E-state index < -0.39 is 0 Å². The van der Waals surface area contributed by atoms with Crippen LogP contribution in [0.1, 0.15) is 5.56 Å². The van der Waals surface area contributed by atoms with E-state index in [1.807, 2.05) is 36.4 Å². The zero-order chi connectivity index (χ0) is 28.9. The molecule has 0 unspecified atom stereocenters. The van der Waals surface area contributed by atoms with Gasteiger partial charge in [-0.25, -0.2) is 9.97 Å². The molecule has 0 saturated heterocycles. The molecule has 0 amide bonds. The monoisotopic (exact) mass is 554 g/mol. The summed E-state index contributed by atoms with van der Waals surface area (Å²) in [6.45, 7) is 2.15. The first-order chi connectivity index (χ1) is 21.1. The number of nitrogens with zero attached hydrogens (tertiary/aromatic N) is 3. The van der Waals surface area contributed by atoms with Gasteiger partial charge in [0.25, 0.3) is 0 Å². The lowest BCUT2D eigenvalue weighted by Crippen LogP contribution is -2.32. The Morgan fingerprint density at radius 2 is 1.23 bits per heavy atom. The maximum atomic E-state index is 6.71. The predicted octanol–water partition coefficient (Wildman–Crippen LogP) is 9.33. The third kappa shape index (κ3) is 4.27. The number of aryl methyl sites for hydroxylation is 2. The summed E-state index contributed by atoms with van der Waals surface area (Å²) in [4.78, 5) is 10.0. The minimum atomic E-state index is 0.667. The second-order valence-corrected chi connectivity index (χ2v) is 11.0. The van der Waals surface area contributed by atoms with Gasteiger partial charge in [-0.2, -0.15) is 4.57 Å². The Balaban J connectivity index is 1.32. The largest absolute Gasteiger partial charge is 0.455 e. The van der Waals surface area contributed by atoms with Gasteiger partial charge in [0, 0.05) is 45.0 Å². The lowest BCUT2D eigenvalue weighted by molar-refractivity contribution is -0.633. The van der Waals surface area contributed by atoms with Crippen LogP contribution in [0, 0.1) is 6.92 Å². The highest BCUT2D eigenvalue weighted by Gasteiger charge is 2.22. The molecular formula is C39H28N3O+. The molecule has 0 aliphatic carbocycles. The summed E-state index contributed by atoms with van der Waals surface area (Å²) in [5.41, 5.74) is 11.1. The van der Waals surface area contributed by atoms with Crippen molar-refractivity contribution in [3.05, 3.63) is 139 Å². The molecule has 204 valence electrons. The molecule has 0 spiro atoms. The summed E-state index contributed by atoms with van der Waals surface area (Å²) in [7, 11) is 2.12. The molecule has 3 aromatic heterocycles. The van der Waals surface area contributed by atoms with Crippen LogP contribution in [0.2, 0.25) is 0 Å². The van der Waals surface area contributed by atoms with Gasteiger partial charge in [0.15, 0.2) is 5.82 Å². The molecule has 0 bridgehead atoms. The molecule has 4 heteroatoms. The zero-order valence-corrected chi connectivity index (χ0v) is 24.0. The predicted molar refractivity (Wildman–Crippen MR) is 174 cm³/mol. The van der Waals surface area contributed by atoms with Crippen LogP contribution in [-0.2, 0) is 7.05 Å². The number of para-hydroxylation sites is 1. The van der Waals surface area contributed by atoms with Crippen LogP contribution in [-0.4, -0.2) is 9.97 Å². The number of benzene rings is 5. The Morgan fingerprint density at radius 3 is 1.95 bits per heavy atom. The maximum Gasteiger partial charge on any atom is 0.216 e. The number of furan rings is 1. The SMILES string of the molecule is Cc1ccc2c(oc3cc(-c4nc(-c5ccccc5)cc(-c5ccccc5)n4)ccc32)c1-c1ccc2ccccc2[n+]1C. The van der Waals surface area contributed by atoms with Gasteiger partial charge in [-0.05, 0) is 42.8 Å². The van der Waals surface area contributed by atoms with Gasteiger partial charge < -0.3 is 4.42 Å². The molecule has 4 nitrogen and oxygen atoms in total. The zero-order valence-electron chi connectivity index (χ0n) is 24.0. The maximum absolute atomic E-state index is 6.71. The molecule has 8 rings (SSSR count). The topological polar surface area (TPSA) is 42.8 Å². The molecule has 0 fully saturated rings. The Labute approximate surface area is 249 Å². The highest BCUT2D eigenvalue weighted by Crippen LogP contribution is 2.39. The van der Waals surface area contributed by atoms with Crippen molar-refractivity contribution < 1.29 is 8.98 Å². The molecular weight excluding hydrogens is 526 g/mol. The minimum Gasteiger partial charge on any atom is -0.455 e. The summed E-state index contributed by atoms with van der Waals surface area (Å²) in [5, 5.41) is 3.38. The quantitative estimate of drug-likeness (QED) is 0.204. The first-order valence-electron chi connectivity index (χ1n) is 14.5. The number of pyridine rings is 1. The molecule has 43 heavy (non-hydrogen) atoms. The molecule has 0 aliphatic rings. The summed E-state index contributed by atoms with van der Waals surface area (Å²) < 4.78 is 8.96. The lowest BCUT2D eigenvalue weighted by atomic mass is 9.99. The van der Waals surface area contributed by atoms with Gasteiger partial charge in [0.1, 0.15) is 18.2 Å². The Bertz CT molecular complexity index is 2250. The molecule has 0 atom stereocenters. The fraction of sp³-hybridized carbons (Fsp3) is 0.0513. The average Bonchev–Trinajstić information content (AvgIpc) is 3.44. The van der Waals surface area contributed by atoms with Crippen molar-refractivity contribution in [2.45, 2.75) is 6.92 Å². The normalized spacial score (nSPS) is 11.5. The molecule has 3 heterocycles. The van der Waals surface area contributed by atoms with E-state index in [-0.39, 0.29) is 0 Å².